The van der Waals surface area contributed by atoms with E-state index in [1.54, 1.807) is 5.57 Å². The molecule has 0 bridgehead atoms. The molecule has 0 heteroatoms. The second-order valence-electron chi connectivity index (χ2n) is 5.32. The maximum atomic E-state index is 2.49. The molecule has 16 heavy (non-hydrogen) atoms. The Bertz CT molecular complexity index is 361. The SMILES string of the molecule is CC1=C[C@@H](c2ccccc2)[C@@H](C)[C@H](C)CC1. The smallest absolute Gasteiger partial charge is 0.00487 e. The summed E-state index contributed by atoms with van der Waals surface area (Å²) in [4.78, 5) is 0. The fraction of sp³-hybridized carbons (Fsp3) is 0.500. The number of allylic oxidation sites excluding steroid dienone is 2. The Balaban J connectivity index is 2.32. The molecule has 0 unspecified atom stereocenters. The minimum Gasteiger partial charge on any atom is -0.0778 e. The van der Waals surface area contributed by atoms with Gasteiger partial charge in [0.05, 0.1) is 0 Å². The molecule has 1 aliphatic rings. The molecule has 0 saturated carbocycles. The monoisotopic (exact) mass is 214 g/mol. The molecule has 0 aliphatic heterocycles. The van der Waals surface area contributed by atoms with Crippen molar-refractivity contribution in [2.75, 3.05) is 0 Å². The number of rotatable bonds is 1. The highest BCUT2D eigenvalue weighted by Crippen LogP contribution is 2.37. The Morgan fingerprint density at radius 1 is 1.06 bits per heavy atom. The first-order valence-electron chi connectivity index (χ1n) is 6.40. The lowest BCUT2D eigenvalue weighted by atomic mass is 9.80. The Morgan fingerprint density at radius 3 is 2.44 bits per heavy atom. The molecule has 0 spiro atoms. The summed E-state index contributed by atoms with van der Waals surface area (Å²) in [5.74, 6) is 2.18. The van der Waals surface area contributed by atoms with E-state index in [-0.39, 0.29) is 0 Å². The van der Waals surface area contributed by atoms with E-state index in [9.17, 15) is 0 Å². The van der Waals surface area contributed by atoms with E-state index in [1.165, 1.54) is 18.4 Å². The van der Waals surface area contributed by atoms with Crippen molar-refractivity contribution in [3.8, 4) is 0 Å². The third-order valence-electron chi connectivity index (χ3n) is 4.11. The molecule has 0 heterocycles. The van der Waals surface area contributed by atoms with E-state index < -0.39 is 0 Å². The predicted molar refractivity (Wildman–Crippen MR) is 70.5 cm³/mol. The van der Waals surface area contributed by atoms with E-state index in [0.29, 0.717) is 5.92 Å². The van der Waals surface area contributed by atoms with Crippen LogP contribution in [0.4, 0.5) is 0 Å². The predicted octanol–water partition coefficient (Wildman–Crippen LogP) is 4.78. The van der Waals surface area contributed by atoms with Crippen LogP contribution in [0.15, 0.2) is 42.0 Å². The summed E-state index contributed by atoms with van der Waals surface area (Å²) in [5.41, 5.74) is 3.04. The molecule has 2 rings (SSSR count). The molecule has 0 nitrogen and oxygen atoms in total. The molecule has 0 aromatic heterocycles. The standard InChI is InChI=1S/C16H22/c1-12-9-10-13(2)14(3)16(11-12)15-7-5-4-6-8-15/h4-8,11,13-14,16H,9-10H2,1-3H3/t13-,14+,16-/m1/s1. The van der Waals surface area contributed by atoms with E-state index in [4.69, 9.17) is 0 Å². The summed E-state index contributed by atoms with van der Waals surface area (Å²) < 4.78 is 0. The zero-order chi connectivity index (χ0) is 11.5. The Kier molecular flexibility index (Phi) is 3.48. The van der Waals surface area contributed by atoms with E-state index in [1.807, 2.05) is 0 Å². The van der Waals surface area contributed by atoms with Gasteiger partial charge in [0, 0.05) is 5.92 Å². The van der Waals surface area contributed by atoms with Crippen LogP contribution in [-0.4, -0.2) is 0 Å². The first-order valence-corrected chi connectivity index (χ1v) is 6.40. The van der Waals surface area contributed by atoms with Gasteiger partial charge in [-0.2, -0.15) is 0 Å². The minimum atomic E-state index is 0.610. The van der Waals surface area contributed by atoms with Crippen LogP contribution in [0.3, 0.4) is 0 Å². The van der Waals surface area contributed by atoms with Gasteiger partial charge in [-0.15, -0.1) is 0 Å². The quantitative estimate of drug-likeness (QED) is 0.590. The average Bonchev–Trinajstić information content (AvgIpc) is 2.44. The highest BCUT2D eigenvalue weighted by Gasteiger charge is 2.24. The number of benzene rings is 1. The summed E-state index contributed by atoms with van der Waals surface area (Å²) >= 11 is 0. The molecule has 0 amide bonds. The van der Waals surface area contributed by atoms with Gasteiger partial charge >= 0.3 is 0 Å². The van der Waals surface area contributed by atoms with Gasteiger partial charge in [0.15, 0.2) is 0 Å². The van der Waals surface area contributed by atoms with Gasteiger partial charge < -0.3 is 0 Å². The van der Waals surface area contributed by atoms with Crippen LogP contribution in [0, 0.1) is 11.8 Å². The van der Waals surface area contributed by atoms with Gasteiger partial charge in [-0.05, 0) is 37.2 Å². The normalized spacial score (nSPS) is 30.7. The Labute approximate surface area is 99.4 Å². The van der Waals surface area contributed by atoms with Crippen LogP contribution in [0.2, 0.25) is 0 Å². The molecule has 0 radical (unpaired) electrons. The highest BCUT2D eigenvalue weighted by atomic mass is 14.3. The van der Waals surface area contributed by atoms with E-state index in [0.717, 1.165) is 11.8 Å². The first kappa shape index (κ1) is 11.4. The molecule has 0 fully saturated rings. The lowest BCUT2D eigenvalue weighted by Crippen LogP contribution is -2.14. The Hall–Kier alpha value is -1.04. The van der Waals surface area contributed by atoms with Crippen LogP contribution in [0.5, 0.6) is 0 Å². The van der Waals surface area contributed by atoms with Crippen LogP contribution in [-0.2, 0) is 0 Å². The van der Waals surface area contributed by atoms with Gasteiger partial charge in [0.1, 0.15) is 0 Å². The van der Waals surface area contributed by atoms with Crippen molar-refractivity contribution in [3.63, 3.8) is 0 Å². The summed E-state index contributed by atoms with van der Waals surface area (Å²) in [6.45, 7) is 7.07. The summed E-state index contributed by atoms with van der Waals surface area (Å²) in [7, 11) is 0. The van der Waals surface area contributed by atoms with Crippen molar-refractivity contribution in [1.29, 1.82) is 0 Å². The van der Waals surface area contributed by atoms with E-state index >= 15 is 0 Å². The van der Waals surface area contributed by atoms with Crippen molar-refractivity contribution in [1.82, 2.24) is 0 Å². The van der Waals surface area contributed by atoms with Crippen LogP contribution in [0.1, 0.15) is 45.1 Å². The number of hydrogen-bond donors (Lipinski definition) is 0. The molecule has 0 saturated heterocycles. The number of hydrogen-bond acceptors (Lipinski definition) is 0. The lowest BCUT2D eigenvalue weighted by molar-refractivity contribution is 0.347. The third-order valence-corrected chi connectivity index (χ3v) is 4.11. The summed E-state index contributed by atoms with van der Waals surface area (Å²) in [5, 5.41) is 0. The van der Waals surface area contributed by atoms with Crippen LogP contribution < -0.4 is 0 Å². The fourth-order valence-electron chi connectivity index (χ4n) is 2.69. The average molecular weight is 214 g/mol. The second-order valence-corrected chi connectivity index (χ2v) is 5.32. The minimum absolute atomic E-state index is 0.610. The second kappa shape index (κ2) is 4.86. The molecule has 1 aromatic carbocycles. The topological polar surface area (TPSA) is 0 Å². The molecular weight excluding hydrogens is 192 g/mol. The maximum Gasteiger partial charge on any atom is 0.00487 e. The van der Waals surface area contributed by atoms with Crippen molar-refractivity contribution in [2.45, 2.75) is 39.5 Å². The molecule has 86 valence electrons. The van der Waals surface area contributed by atoms with Crippen LogP contribution in [0.25, 0.3) is 0 Å². The third kappa shape index (κ3) is 2.37. The zero-order valence-corrected chi connectivity index (χ0v) is 10.6. The molecule has 0 N–H and O–H groups in total. The van der Waals surface area contributed by atoms with Crippen LogP contribution >= 0.6 is 0 Å². The van der Waals surface area contributed by atoms with Crippen molar-refractivity contribution in [2.24, 2.45) is 11.8 Å². The van der Waals surface area contributed by atoms with Crippen molar-refractivity contribution < 1.29 is 0 Å². The largest absolute Gasteiger partial charge is 0.0778 e. The molecule has 1 aromatic rings. The highest BCUT2D eigenvalue weighted by molar-refractivity contribution is 5.27. The molecule has 3 atom stereocenters. The summed E-state index contributed by atoms with van der Waals surface area (Å²) in [6.07, 6.45) is 5.10. The fourth-order valence-corrected chi connectivity index (χ4v) is 2.69. The van der Waals surface area contributed by atoms with Gasteiger partial charge in [-0.3, -0.25) is 0 Å². The first-order chi connectivity index (χ1) is 7.68. The summed E-state index contributed by atoms with van der Waals surface area (Å²) in [6, 6.07) is 10.9. The van der Waals surface area contributed by atoms with Gasteiger partial charge in [-0.1, -0.05) is 55.8 Å². The Morgan fingerprint density at radius 2 is 1.75 bits per heavy atom. The van der Waals surface area contributed by atoms with Crippen molar-refractivity contribution in [3.05, 3.63) is 47.5 Å². The van der Waals surface area contributed by atoms with Crippen molar-refractivity contribution >= 4 is 0 Å². The molecular formula is C16H22. The molecule has 1 aliphatic carbocycles. The maximum absolute atomic E-state index is 2.49. The van der Waals surface area contributed by atoms with Gasteiger partial charge in [0.2, 0.25) is 0 Å². The van der Waals surface area contributed by atoms with Gasteiger partial charge in [0.25, 0.3) is 0 Å². The van der Waals surface area contributed by atoms with E-state index in [2.05, 4.69) is 57.2 Å². The van der Waals surface area contributed by atoms with Gasteiger partial charge in [-0.25, -0.2) is 0 Å². The lowest BCUT2D eigenvalue weighted by Gasteiger charge is -2.25. The zero-order valence-electron chi connectivity index (χ0n) is 10.6.